The van der Waals surface area contributed by atoms with E-state index in [1.54, 1.807) is 0 Å². The van der Waals surface area contributed by atoms with Crippen LogP contribution in [0.3, 0.4) is 0 Å². The standard InChI is InChI=1S/CH5N3O3/c5-1-2-3-4(6)7/h2-3,5H,1H2. The first kappa shape index (κ1) is 6.12. The predicted octanol–water partition coefficient (Wildman–Crippen LogP) is -1.78. The number of rotatable bonds is 3. The van der Waals surface area contributed by atoms with Gasteiger partial charge in [0.25, 0.3) is 0 Å². The van der Waals surface area contributed by atoms with E-state index >= 15 is 0 Å². The molecule has 0 aliphatic carbocycles. The van der Waals surface area contributed by atoms with E-state index in [0.717, 1.165) is 0 Å². The molecule has 7 heavy (non-hydrogen) atoms. The van der Waals surface area contributed by atoms with Crippen molar-refractivity contribution in [3.63, 3.8) is 0 Å². The van der Waals surface area contributed by atoms with Gasteiger partial charge in [-0.15, -0.1) is 0 Å². The Kier molecular flexibility index (Phi) is 2.90. The Labute approximate surface area is 39.2 Å². The molecule has 0 aromatic carbocycles. The molecular weight excluding hydrogens is 102 g/mol. The van der Waals surface area contributed by atoms with Crippen molar-refractivity contribution in [3.05, 3.63) is 10.1 Å². The summed E-state index contributed by atoms with van der Waals surface area (Å²) in [6.07, 6.45) is 0. The largest absolute Gasteiger partial charge is 0.379 e. The molecule has 0 aromatic heterocycles. The van der Waals surface area contributed by atoms with Crippen molar-refractivity contribution in [2.75, 3.05) is 6.73 Å². The minimum Gasteiger partial charge on any atom is -0.379 e. The summed E-state index contributed by atoms with van der Waals surface area (Å²) in [5.41, 5.74) is 3.37. The van der Waals surface area contributed by atoms with Crippen LogP contribution in [0.1, 0.15) is 0 Å². The second-order valence-electron chi connectivity index (χ2n) is 0.704. The summed E-state index contributed by atoms with van der Waals surface area (Å²) < 4.78 is 0. The monoisotopic (exact) mass is 107 g/mol. The number of nitrogens with zero attached hydrogens (tertiary/aromatic N) is 1. The summed E-state index contributed by atoms with van der Waals surface area (Å²) in [5.74, 6) is 0. The van der Waals surface area contributed by atoms with Gasteiger partial charge >= 0.3 is 0 Å². The first-order chi connectivity index (χ1) is 3.27. The number of hydrogen-bond donors (Lipinski definition) is 3. The maximum Gasteiger partial charge on any atom is 0.173 e. The van der Waals surface area contributed by atoms with Crippen molar-refractivity contribution in [1.29, 1.82) is 0 Å². The summed E-state index contributed by atoms with van der Waals surface area (Å²) in [5, 5.41) is 16.3. The van der Waals surface area contributed by atoms with Crippen molar-refractivity contribution < 1.29 is 10.1 Å². The number of nitro groups is 1. The topological polar surface area (TPSA) is 87.4 Å². The minimum atomic E-state index is -0.809. The normalized spacial score (nSPS) is 8.14. The molecule has 0 bridgehead atoms. The molecule has 0 aliphatic rings. The van der Waals surface area contributed by atoms with Gasteiger partial charge in [-0.25, -0.2) is 10.1 Å². The van der Waals surface area contributed by atoms with Crippen molar-refractivity contribution in [1.82, 2.24) is 11.0 Å². The zero-order valence-electron chi connectivity index (χ0n) is 3.42. The molecule has 0 rings (SSSR count). The SMILES string of the molecule is O=[N+]([O-])NNCO. The number of aliphatic hydroxyl groups is 1. The van der Waals surface area contributed by atoms with Crippen LogP contribution in [-0.4, -0.2) is 16.9 Å². The smallest absolute Gasteiger partial charge is 0.173 e. The number of hydrazine groups is 2. The van der Waals surface area contributed by atoms with Crippen molar-refractivity contribution in [3.8, 4) is 0 Å². The van der Waals surface area contributed by atoms with Gasteiger partial charge in [-0.05, 0) is 0 Å². The predicted molar refractivity (Wildman–Crippen MR) is 20.4 cm³/mol. The molecule has 0 radical (unpaired) electrons. The van der Waals surface area contributed by atoms with Gasteiger partial charge in [0, 0.05) is 0 Å². The third kappa shape index (κ3) is 5.12. The molecule has 0 amide bonds. The minimum absolute atomic E-state index is 0.457. The second-order valence-corrected chi connectivity index (χ2v) is 0.704. The van der Waals surface area contributed by atoms with E-state index < -0.39 is 11.8 Å². The fourth-order valence-corrected chi connectivity index (χ4v) is 0.0999. The molecule has 0 atom stereocenters. The van der Waals surface area contributed by atoms with E-state index in [1.165, 1.54) is 5.53 Å². The van der Waals surface area contributed by atoms with Crippen molar-refractivity contribution in [2.24, 2.45) is 0 Å². The van der Waals surface area contributed by atoms with Crippen molar-refractivity contribution >= 4 is 0 Å². The molecule has 0 heterocycles. The van der Waals surface area contributed by atoms with Crippen LogP contribution in [0, 0.1) is 10.1 Å². The highest BCUT2D eigenvalue weighted by Crippen LogP contribution is 1.46. The Bertz CT molecular complexity index is 63.2. The molecular formula is CH5N3O3. The molecule has 0 spiro atoms. The Morgan fingerprint density at radius 2 is 2.43 bits per heavy atom. The van der Waals surface area contributed by atoms with E-state index in [1.807, 2.05) is 5.43 Å². The van der Waals surface area contributed by atoms with E-state index in [4.69, 9.17) is 5.11 Å². The van der Waals surface area contributed by atoms with Crippen LogP contribution in [-0.2, 0) is 0 Å². The van der Waals surface area contributed by atoms with Crippen LogP contribution in [0.5, 0.6) is 0 Å². The second kappa shape index (κ2) is 3.32. The number of nitrogens with one attached hydrogen (secondary N) is 2. The molecule has 0 fully saturated rings. The molecule has 0 saturated heterocycles. The molecule has 3 N–H and O–H groups in total. The Balaban J connectivity index is 2.82. The molecule has 0 unspecified atom stereocenters. The van der Waals surface area contributed by atoms with Crippen LogP contribution in [0.4, 0.5) is 0 Å². The summed E-state index contributed by atoms with van der Waals surface area (Å²) in [4.78, 5) is 9.28. The molecule has 6 heteroatoms. The summed E-state index contributed by atoms with van der Waals surface area (Å²) in [6.45, 7) is -0.457. The number of aliphatic hydroxyl groups excluding tert-OH is 1. The third-order valence-corrected chi connectivity index (χ3v) is 0.249. The zero-order chi connectivity index (χ0) is 5.70. The van der Waals surface area contributed by atoms with Gasteiger partial charge in [-0.1, -0.05) is 5.53 Å². The van der Waals surface area contributed by atoms with Crippen molar-refractivity contribution in [2.45, 2.75) is 0 Å². The molecule has 0 aromatic rings. The molecule has 0 aliphatic heterocycles. The highest BCUT2D eigenvalue weighted by Gasteiger charge is 1.84. The van der Waals surface area contributed by atoms with E-state index in [9.17, 15) is 10.1 Å². The Morgan fingerprint density at radius 1 is 1.86 bits per heavy atom. The van der Waals surface area contributed by atoms with Crippen LogP contribution in [0.25, 0.3) is 0 Å². The quantitative estimate of drug-likeness (QED) is 0.225. The average Bonchev–Trinajstić information content (AvgIpc) is 1.61. The maximum absolute atomic E-state index is 9.28. The van der Waals surface area contributed by atoms with Crippen LogP contribution in [0.15, 0.2) is 0 Å². The summed E-state index contributed by atoms with van der Waals surface area (Å²) in [7, 11) is 0. The summed E-state index contributed by atoms with van der Waals surface area (Å²) in [6, 6.07) is 0. The fraction of sp³-hybridized carbons (Fsp3) is 1.00. The lowest BCUT2D eigenvalue weighted by Crippen LogP contribution is -2.36. The molecule has 42 valence electrons. The molecule has 6 nitrogen and oxygen atoms in total. The maximum atomic E-state index is 9.28. The van der Waals surface area contributed by atoms with Crippen LogP contribution < -0.4 is 11.0 Å². The zero-order valence-corrected chi connectivity index (χ0v) is 3.42. The van der Waals surface area contributed by atoms with Gasteiger partial charge in [-0.3, -0.25) is 0 Å². The number of hydrogen-bond acceptors (Lipinski definition) is 4. The Morgan fingerprint density at radius 3 is 2.57 bits per heavy atom. The lowest BCUT2D eigenvalue weighted by Gasteiger charge is -1.90. The highest BCUT2D eigenvalue weighted by molar-refractivity contribution is 4.04. The average molecular weight is 107 g/mol. The lowest BCUT2D eigenvalue weighted by molar-refractivity contribution is -0.556. The first-order valence-electron chi connectivity index (χ1n) is 1.51. The van der Waals surface area contributed by atoms with Gasteiger partial charge < -0.3 is 5.11 Å². The fourth-order valence-electron chi connectivity index (χ4n) is 0.0999. The molecule has 0 saturated carbocycles. The lowest BCUT2D eigenvalue weighted by atomic mass is 11.3. The van der Waals surface area contributed by atoms with E-state index in [-0.39, 0.29) is 0 Å². The Hall–Kier alpha value is -0.880. The van der Waals surface area contributed by atoms with Gasteiger partial charge in [0.1, 0.15) is 6.73 Å². The first-order valence-corrected chi connectivity index (χ1v) is 1.51. The van der Waals surface area contributed by atoms with Gasteiger partial charge in [-0.2, -0.15) is 5.43 Å². The van der Waals surface area contributed by atoms with E-state index in [0.29, 0.717) is 0 Å². The van der Waals surface area contributed by atoms with Crippen LogP contribution >= 0.6 is 0 Å². The summed E-state index contributed by atoms with van der Waals surface area (Å²) >= 11 is 0. The van der Waals surface area contributed by atoms with Gasteiger partial charge in [0.15, 0.2) is 5.03 Å². The van der Waals surface area contributed by atoms with Gasteiger partial charge in [0.2, 0.25) is 0 Å². The highest BCUT2D eigenvalue weighted by atomic mass is 16.7. The third-order valence-electron chi connectivity index (χ3n) is 0.249. The van der Waals surface area contributed by atoms with Crippen LogP contribution in [0.2, 0.25) is 0 Å². The van der Waals surface area contributed by atoms with Gasteiger partial charge in [0.05, 0.1) is 0 Å². The van der Waals surface area contributed by atoms with E-state index in [2.05, 4.69) is 0 Å².